The Morgan fingerprint density at radius 1 is 1.24 bits per heavy atom. The maximum Gasteiger partial charge on any atom is 0.410 e. The van der Waals surface area contributed by atoms with Crippen molar-refractivity contribution in [3.8, 4) is 0 Å². The van der Waals surface area contributed by atoms with Gasteiger partial charge in [-0.1, -0.05) is 30.3 Å². The minimum absolute atomic E-state index is 0.0187. The number of hydrazine groups is 1. The van der Waals surface area contributed by atoms with E-state index in [9.17, 15) is 9.59 Å². The molecule has 1 heterocycles. The van der Waals surface area contributed by atoms with Crippen molar-refractivity contribution in [1.82, 2.24) is 15.8 Å². The Hall–Kier alpha value is -2.08. The van der Waals surface area contributed by atoms with Crippen molar-refractivity contribution in [2.75, 3.05) is 20.1 Å². The molecular weight excluding hydrogens is 270 g/mol. The Labute approximate surface area is 124 Å². The molecule has 0 radical (unpaired) electrons. The first-order valence-electron chi connectivity index (χ1n) is 7.13. The maximum absolute atomic E-state index is 12.0. The molecular formula is C15H21N3O3. The molecule has 1 saturated heterocycles. The Morgan fingerprint density at radius 2 is 1.90 bits per heavy atom. The van der Waals surface area contributed by atoms with Crippen molar-refractivity contribution in [2.45, 2.75) is 19.4 Å². The zero-order chi connectivity index (χ0) is 15.1. The lowest BCUT2D eigenvalue weighted by Crippen LogP contribution is -2.45. The van der Waals surface area contributed by atoms with E-state index in [2.05, 4.69) is 10.9 Å². The molecule has 0 spiro atoms. The number of nitrogens with one attached hydrogen (secondary N) is 2. The number of benzene rings is 1. The molecule has 0 bridgehead atoms. The number of piperidine rings is 1. The number of amides is 2. The van der Waals surface area contributed by atoms with Gasteiger partial charge in [0.25, 0.3) is 0 Å². The van der Waals surface area contributed by atoms with Crippen LogP contribution in [0.3, 0.4) is 0 Å². The van der Waals surface area contributed by atoms with Gasteiger partial charge < -0.3 is 9.64 Å². The second kappa shape index (κ2) is 7.64. The van der Waals surface area contributed by atoms with Gasteiger partial charge in [-0.15, -0.1) is 0 Å². The fourth-order valence-electron chi connectivity index (χ4n) is 2.36. The third-order valence-electron chi connectivity index (χ3n) is 3.58. The molecule has 1 aliphatic rings. The molecule has 114 valence electrons. The van der Waals surface area contributed by atoms with Crippen molar-refractivity contribution in [3.05, 3.63) is 35.9 Å². The number of carbonyl (C=O) groups excluding carboxylic acids is 2. The predicted molar refractivity (Wildman–Crippen MR) is 78.1 cm³/mol. The summed E-state index contributed by atoms with van der Waals surface area (Å²) in [4.78, 5) is 25.3. The van der Waals surface area contributed by atoms with E-state index in [1.807, 2.05) is 30.3 Å². The normalized spacial score (nSPS) is 15.6. The molecule has 0 atom stereocenters. The third kappa shape index (κ3) is 4.46. The number of hydrogen-bond donors (Lipinski definition) is 2. The average molecular weight is 291 g/mol. The largest absolute Gasteiger partial charge is 0.445 e. The summed E-state index contributed by atoms with van der Waals surface area (Å²) in [5.74, 6) is -0.0644. The summed E-state index contributed by atoms with van der Waals surface area (Å²) in [5.41, 5.74) is 6.18. The minimum atomic E-state index is -0.314. The average Bonchev–Trinajstić information content (AvgIpc) is 2.54. The van der Waals surface area contributed by atoms with Crippen LogP contribution >= 0.6 is 0 Å². The highest BCUT2D eigenvalue weighted by molar-refractivity contribution is 5.78. The van der Waals surface area contributed by atoms with E-state index in [1.165, 1.54) is 0 Å². The highest BCUT2D eigenvalue weighted by atomic mass is 16.6. The Balaban J connectivity index is 1.74. The van der Waals surface area contributed by atoms with Gasteiger partial charge in [-0.3, -0.25) is 10.2 Å². The van der Waals surface area contributed by atoms with Crippen LogP contribution in [0, 0.1) is 5.92 Å². The van der Waals surface area contributed by atoms with E-state index in [0.29, 0.717) is 25.9 Å². The van der Waals surface area contributed by atoms with E-state index >= 15 is 0 Å². The maximum atomic E-state index is 12.0. The Morgan fingerprint density at radius 3 is 2.52 bits per heavy atom. The summed E-state index contributed by atoms with van der Waals surface area (Å²) in [7, 11) is 1.66. The van der Waals surface area contributed by atoms with Crippen LogP contribution in [0.15, 0.2) is 30.3 Å². The van der Waals surface area contributed by atoms with Crippen molar-refractivity contribution >= 4 is 12.0 Å². The second-order valence-electron chi connectivity index (χ2n) is 5.04. The monoisotopic (exact) mass is 291 g/mol. The molecule has 2 amide bonds. The summed E-state index contributed by atoms with van der Waals surface area (Å²) in [6.07, 6.45) is 1.01. The van der Waals surface area contributed by atoms with E-state index in [4.69, 9.17) is 4.74 Å². The van der Waals surface area contributed by atoms with Crippen molar-refractivity contribution in [3.63, 3.8) is 0 Å². The lowest BCUT2D eigenvalue weighted by Gasteiger charge is -2.30. The van der Waals surface area contributed by atoms with Crippen LogP contribution in [0.1, 0.15) is 18.4 Å². The Kier molecular flexibility index (Phi) is 5.57. The van der Waals surface area contributed by atoms with Gasteiger partial charge >= 0.3 is 6.09 Å². The fraction of sp³-hybridized carbons (Fsp3) is 0.467. The number of hydrogen-bond acceptors (Lipinski definition) is 4. The topological polar surface area (TPSA) is 70.7 Å². The molecule has 6 heteroatoms. The molecule has 6 nitrogen and oxygen atoms in total. The SMILES string of the molecule is CNNC(=O)C1CCN(C(=O)OCc2ccccc2)CC1. The number of nitrogens with zero attached hydrogens (tertiary/aromatic N) is 1. The molecule has 1 aliphatic heterocycles. The van der Waals surface area contributed by atoms with Crippen LogP contribution < -0.4 is 10.9 Å². The number of ether oxygens (including phenoxy) is 1. The molecule has 1 aromatic rings. The van der Waals surface area contributed by atoms with Gasteiger partial charge in [0.1, 0.15) is 6.61 Å². The molecule has 1 aromatic carbocycles. The van der Waals surface area contributed by atoms with E-state index in [1.54, 1.807) is 11.9 Å². The predicted octanol–water partition coefficient (Wildman–Crippen LogP) is 1.29. The molecule has 2 N–H and O–H groups in total. The summed E-state index contributed by atoms with van der Waals surface area (Å²) >= 11 is 0. The molecule has 0 aromatic heterocycles. The first kappa shape index (κ1) is 15.3. The minimum Gasteiger partial charge on any atom is -0.445 e. The Bertz CT molecular complexity index is 470. The second-order valence-corrected chi connectivity index (χ2v) is 5.04. The summed E-state index contributed by atoms with van der Waals surface area (Å²) in [5, 5.41) is 0. The van der Waals surface area contributed by atoms with Crippen LogP contribution in [-0.2, 0) is 16.1 Å². The zero-order valence-electron chi connectivity index (χ0n) is 12.2. The first-order chi connectivity index (χ1) is 10.2. The van der Waals surface area contributed by atoms with E-state index in [0.717, 1.165) is 5.56 Å². The zero-order valence-corrected chi connectivity index (χ0v) is 12.2. The van der Waals surface area contributed by atoms with Crippen LogP contribution in [0.5, 0.6) is 0 Å². The van der Waals surface area contributed by atoms with Crippen molar-refractivity contribution in [2.24, 2.45) is 5.92 Å². The molecule has 1 fully saturated rings. The first-order valence-corrected chi connectivity index (χ1v) is 7.13. The van der Waals surface area contributed by atoms with Gasteiger partial charge in [0.15, 0.2) is 0 Å². The molecule has 2 rings (SSSR count). The highest BCUT2D eigenvalue weighted by Gasteiger charge is 2.27. The van der Waals surface area contributed by atoms with Gasteiger partial charge in [0.05, 0.1) is 0 Å². The van der Waals surface area contributed by atoms with Gasteiger partial charge in [-0.05, 0) is 18.4 Å². The summed E-state index contributed by atoms with van der Waals surface area (Å²) < 4.78 is 5.28. The van der Waals surface area contributed by atoms with Crippen LogP contribution in [-0.4, -0.2) is 37.0 Å². The van der Waals surface area contributed by atoms with Crippen LogP contribution in [0.25, 0.3) is 0 Å². The molecule has 0 saturated carbocycles. The summed E-state index contributed by atoms with van der Waals surface area (Å²) in [6.45, 7) is 1.38. The summed E-state index contributed by atoms with van der Waals surface area (Å²) in [6, 6.07) is 9.58. The van der Waals surface area contributed by atoms with Crippen molar-refractivity contribution < 1.29 is 14.3 Å². The van der Waals surface area contributed by atoms with E-state index < -0.39 is 0 Å². The van der Waals surface area contributed by atoms with Crippen LogP contribution in [0.2, 0.25) is 0 Å². The highest BCUT2D eigenvalue weighted by Crippen LogP contribution is 2.18. The van der Waals surface area contributed by atoms with Gasteiger partial charge in [-0.25, -0.2) is 10.2 Å². The molecule has 0 unspecified atom stereocenters. The molecule has 21 heavy (non-hydrogen) atoms. The quantitative estimate of drug-likeness (QED) is 0.820. The van der Waals surface area contributed by atoms with E-state index in [-0.39, 0.29) is 24.5 Å². The number of carbonyl (C=O) groups is 2. The van der Waals surface area contributed by atoms with Crippen LogP contribution in [0.4, 0.5) is 4.79 Å². The van der Waals surface area contributed by atoms with Crippen molar-refractivity contribution in [1.29, 1.82) is 0 Å². The molecule has 0 aliphatic carbocycles. The smallest absolute Gasteiger partial charge is 0.410 e. The number of rotatable bonds is 4. The van der Waals surface area contributed by atoms with Gasteiger partial charge in [0, 0.05) is 26.1 Å². The lowest BCUT2D eigenvalue weighted by molar-refractivity contribution is -0.127. The van der Waals surface area contributed by atoms with Gasteiger partial charge in [-0.2, -0.15) is 0 Å². The third-order valence-corrected chi connectivity index (χ3v) is 3.58. The number of likely N-dealkylation sites (tertiary alicyclic amines) is 1. The standard InChI is InChI=1S/C15H21N3O3/c1-16-17-14(19)13-7-9-18(10-8-13)15(20)21-11-12-5-3-2-4-6-12/h2-6,13,16H,7-11H2,1H3,(H,17,19). The lowest BCUT2D eigenvalue weighted by atomic mass is 9.96. The van der Waals surface area contributed by atoms with Gasteiger partial charge in [0.2, 0.25) is 5.91 Å². The fourth-order valence-corrected chi connectivity index (χ4v) is 2.36.